The Kier molecular flexibility index (Phi) is 6.16. The van der Waals surface area contributed by atoms with Crippen molar-refractivity contribution in [1.29, 1.82) is 0 Å². The van der Waals surface area contributed by atoms with Crippen LogP contribution in [0.15, 0.2) is 4.52 Å². The van der Waals surface area contributed by atoms with Gasteiger partial charge in [-0.3, -0.25) is 14.7 Å². The van der Waals surface area contributed by atoms with Crippen LogP contribution in [0.4, 0.5) is 0 Å². The van der Waals surface area contributed by atoms with Gasteiger partial charge in [-0.2, -0.15) is 5.10 Å². The summed E-state index contributed by atoms with van der Waals surface area (Å²) in [4.78, 5) is 26.8. The van der Waals surface area contributed by atoms with Gasteiger partial charge in [0.05, 0.1) is 17.3 Å². The van der Waals surface area contributed by atoms with Gasteiger partial charge in [0.25, 0.3) is 0 Å². The molecule has 1 saturated heterocycles. The summed E-state index contributed by atoms with van der Waals surface area (Å²) in [5.41, 5.74) is 5.02. The van der Waals surface area contributed by atoms with Crippen LogP contribution in [-0.2, 0) is 22.4 Å². The molecule has 0 aromatic carbocycles. The molecule has 2 aromatic rings. The maximum atomic E-state index is 12.5. The van der Waals surface area contributed by atoms with Crippen molar-refractivity contribution in [2.45, 2.75) is 53.4 Å². The number of H-pyrrole nitrogens is 1. The summed E-state index contributed by atoms with van der Waals surface area (Å²) >= 11 is 0. The monoisotopic (exact) mass is 387 g/mol. The minimum absolute atomic E-state index is 0.0276. The Morgan fingerprint density at radius 2 is 1.96 bits per heavy atom. The van der Waals surface area contributed by atoms with Crippen LogP contribution in [0.25, 0.3) is 0 Å². The highest BCUT2D eigenvalue weighted by Crippen LogP contribution is 2.20. The van der Waals surface area contributed by atoms with Crippen LogP contribution in [0.3, 0.4) is 0 Å². The molecule has 1 aliphatic heterocycles. The quantitative estimate of drug-likeness (QED) is 0.753. The molecule has 1 fully saturated rings. The van der Waals surface area contributed by atoms with Gasteiger partial charge in [0.1, 0.15) is 5.76 Å². The molecule has 1 atom stereocenters. The van der Waals surface area contributed by atoms with E-state index >= 15 is 0 Å². The van der Waals surface area contributed by atoms with E-state index in [1.165, 1.54) is 0 Å². The number of carbonyl (C=O) groups is 2. The molecule has 1 aliphatic rings. The highest BCUT2D eigenvalue weighted by atomic mass is 16.5. The van der Waals surface area contributed by atoms with E-state index in [2.05, 4.69) is 20.7 Å². The summed E-state index contributed by atoms with van der Waals surface area (Å²) in [6, 6.07) is 0. The standard InChI is InChI=1S/C20H29N5O3/c1-12-17(13(2)23-22-12)7-9-21-20(27)16-8-10-25(11-16)19(26)6-5-18-14(3)24-28-15(18)4/h16H,5-11H2,1-4H3,(H,21,27)(H,22,23). The number of aryl methyl sites for hydroxylation is 4. The first-order valence-corrected chi connectivity index (χ1v) is 9.84. The van der Waals surface area contributed by atoms with E-state index in [1.54, 1.807) is 4.90 Å². The number of nitrogens with one attached hydrogen (secondary N) is 2. The zero-order valence-corrected chi connectivity index (χ0v) is 17.1. The first-order chi connectivity index (χ1) is 13.4. The number of carbonyl (C=O) groups excluding carboxylic acids is 2. The minimum Gasteiger partial charge on any atom is -0.361 e. The SMILES string of the molecule is Cc1n[nH]c(C)c1CCNC(=O)C1CCN(C(=O)CCc2c(C)noc2C)C1. The smallest absolute Gasteiger partial charge is 0.224 e. The minimum atomic E-state index is -0.130. The van der Waals surface area contributed by atoms with E-state index < -0.39 is 0 Å². The molecular formula is C20H29N5O3. The molecule has 152 valence electrons. The average Bonchev–Trinajstić information content (AvgIpc) is 3.36. The second-order valence-corrected chi connectivity index (χ2v) is 7.58. The zero-order valence-electron chi connectivity index (χ0n) is 17.1. The van der Waals surface area contributed by atoms with Gasteiger partial charge in [0.2, 0.25) is 11.8 Å². The molecule has 8 nitrogen and oxygen atoms in total. The van der Waals surface area contributed by atoms with E-state index in [0.717, 1.165) is 40.4 Å². The molecule has 0 aliphatic carbocycles. The van der Waals surface area contributed by atoms with Gasteiger partial charge in [-0.05, 0) is 52.5 Å². The lowest BCUT2D eigenvalue weighted by Crippen LogP contribution is -2.35. The van der Waals surface area contributed by atoms with E-state index in [-0.39, 0.29) is 17.7 Å². The van der Waals surface area contributed by atoms with E-state index in [0.29, 0.717) is 38.9 Å². The van der Waals surface area contributed by atoms with Crippen LogP contribution in [0.1, 0.15) is 46.8 Å². The van der Waals surface area contributed by atoms with Crippen LogP contribution >= 0.6 is 0 Å². The largest absolute Gasteiger partial charge is 0.361 e. The first kappa shape index (κ1) is 20.1. The van der Waals surface area contributed by atoms with E-state index in [9.17, 15) is 9.59 Å². The molecule has 8 heteroatoms. The molecule has 0 saturated carbocycles. The van der Waals surface area contributed by atoms with Gasteiger partial charge in [-0.25, -0.2) is 0 Å². The summed E-state index contributed by atoms with van der Waals surface area (Å²) in [6.07, 6.45) is 2.51. The molecule has 0 radical (unpaired) electrons. The van der Waals surface area contributed by atoms with Crippen molar-refractivity contribution in [3.8, 4) is 0 Å². The molecule has 2 aromatic heterocycles. The van der Waals surface area contributed by atoms with Crippen LogP contribution in [0.5, 0.6) is 0 Å². The van der Waals surface area contributed by atoms with Crippen molar-refractivity contribution in [3.05, 3.63) is 34.0 Å². The average molecular weight is 387 g/mol. The summed E-state index contributed by atoms with van der Waals surface area (Å²) in [5, 5.41) is 14.1. The van der Waals surface area contributed by atoms with Crippen LogP contribution in [-0.4, -0.2) is 51.7 Å². The van der Waals surface area contributed by atoms with E-state index in [1.807, 2.05) is 27.7 Å². The topological polar surface area (TPSA) is 104 Å². The van der Waals surface area contributed by atoms with Crippen LogP contribution < -0.4 is 5.32 Å². The highest BCUT2D eigenvalue weighted by Gasteiger charge is 2.30. The number of nitrogens with zero attached hydrogens (tertiary/aromatic N) is 3. The predicted molar refractivity (Wildman–Crippen MR) is 104 cm³/mol. The Hall–Kier alpha value is -2.64. The summed E-state index contributed by atoms with van der Waals surface area (Å²) in [6.45, 7) is 9.41. The van der Waals surface area contributed by atoms with Crippen molar-refractivity contribution in [1.82, 2.24) is 25.6 Å². The van der Waals surface area contributed by atoms with E-state index in [4.69, 9.17) is 4.52 Å². The second kappa shape index (κ2) is 8.58. The summed E-state index contributed by atoms with van der Waals surface area (Å²) in [5.74, 6) is 0.751. The normalized spacial score (nSPS) is 16.6. The fourth-order valence-corrected chi connectivity index (χ4v) is 3.85. The fraction of sp³-hybridized carbons (Fsp3) is 0.600. The third kappa shape index (κ3) is 4.43. The van der Waals surface area contributed by atoms with Crippen molar-refractivity contribution in [3.63, 3.8) is 0 Å². The molecule has 0 spiro atoms. The van der Waals surface area contributed by atoms with Gasteiger partial charge in [0.15, 0.2) is 0 Å². The Labute approximate surface area is 165 Å². The predicted octanol–water partition coefficient (Wildman–Crippen LogP) is 1.77. The number of likely N-dealkylation sites (tertiary alicyclic amines) is 1. The number of aromatic nitrogens is 3. The van der Waals surface area contributed by atoms with Crippen molar-refractivity contribution in [2.75, 3.05) is 19.6 Å². The lowest BCUT2D eigenvalue weighted by atomic mass is 10.1. The number of hydrogen-bond donors (Lipinski definition) is 2. The van der Waals surface area contributed by atoms with Gasteiger partial charge in [-0.15, -0.1) is 0 Å². The van der Waals surface area contributed by atoms with Crippen molar-refractivity contribution in [2.24, 2.45) is 5.92 Å². The first-order valence-electron chi connectivity index (χ1n) is 9.84. The second-order valence-electron chi connectivity index (χ2n) is 7.58. The summed E-state index contributed by atoms with van der Waals surface area (Å²) < 4.78 is 5.15. The number of rotatable bonds is 7. The maximum Gasteiger partial charge on any atom is 0.224 e. The van der Waals surface area contributed by atoms with Crippen LogP contribution in [0.2, 0.25) is 0 Å². The molecule has 28 heavy (non-hydrogen) atoms. The van der Waals surface area contributed by atoms with Crippen molar-refractivity contribution < 1.29 is 14.1 Å². The molecule has 3 rings (SSSR count). The number of aromatic amines is 1. The lowest BCUT2D eigenvalue weighted by Gasteiger charge is -2.16. The van der Waals surface area contributed by atoms with Gasteiger partial charge in [-0.1, -0.05) is 5.16 Å². The molecular weight excluding hydrogens is 358 g/mol. The molecule has 2 amide bonds. The van der Waals surface area contributed by atoms with Gasteiger partial charge >= 0.3 is 0 Å². The summed E-state index contributed by atoms with van der Waals surface area (Å²) in [7, 11) is 0. The zero-order chi connectivity index (χ0) is 20.3. The molecule has 2 N–H and O–H groups in total. The maximum absolute atomic E-state index is 12.5. The van der Waals surface area contributed by atoms with Crippen LogP contribution in [0, 0.1) is 33.6 Å². The third-order valence-corrected chi connectivity index (χ3v) is 5.64. The fourth-order valence-electron chi connectivity index (χ4n) is 3.85. The molecule has 1 unspecified atom stereocenters. The lowest BCUT2D eigenvalue weighted by molar-refractivity contribution is -0.130. The van der Waals surface area contributed by atoms with Crippen molar-refractivity contribution >= 4 is 11.8 Å². The number of amides is 2. The Balaban J connectivity index is 1.42. The number of hydrogen-bond acceptors (Lipinski definition) is 5. The molecule has 0 bridgehead atoms. The van der Waals surface area contributed by atoms with Gasteiger partial charge < -0.3 is 14.7 Å². The third-order valence-electron chi connectivity index (χ3n) is 5.64. The highest BCUT2D eigenvalue weighted by molar-refractivity contribution is 5.82. The van der Waals surface area contributed by atoms with Gasteiger partial charge in [0, 0.05) is 37.3 Å². The Morgan fingerprint density at radius 1 is 1.18 bits per heavy atom. The Bertz CT molecular complexity index is 815. The Morgan fingerprint density at radius 3 is 2.61 bits per heavy atom. The molecule has 3 heterocycles.